The number of carboxylic acids is 1. The summed E-state index contributed by atoms with van der Waals surface area (Å²) < 4.78 is 12.9. The van der Waals surface area contributed by atoms with E-state index in [4.69, 9.17) is 9.47 Å². The van der Waals surface area contributed by atoms with E-state index in [2.05, 4.69) is 48.5 Å². The first-order valence-electron chi connectivity index (χ1n) is 14.2. The summed E-state index contributed by atoms with van der Waals surface area (Å²) in [4.78, 5) is 11.9. The van der Waals surface area contributed by atoms with Gasteiger partial charge in [-0.15, -0.1) is 0 Å². The number of hydrogen-bond acceptors (Lipinski definition) is 3. The summed E-state index contributed by atoms with van der Waals surface area (Å²) in [6.45, 7) is 17.6. The van der Waals surface area contributed by atoms with Crippen LogP contribution in [0, 0.1) is 32.6 Å². The summed E-state index contributed by atoms with van der Waals surface area (Å²) in [5.41, 5.74) is 4.20. The fourth-order valence-corrected chi connectivity index (χ4v) is 5.43. The molecule has 1 aliphatic heterocycles. The molecule has 0 saturated carbocycles. The third kappa shape index (κ3) is 8.43. The minimum atomic E-state index is -0.877. The first-order valence-corrected chi connectivity index (χ1v) is 14.2. The quantitative estimate of drug-likeness (QED) is 0.251. The Balaban J connectivity index is 2.08. The Morgan fingerprint density at radius 3 is 2.29 bits per heavy atom. The maximum Gasteiger partial charge on any atom is 0.344 e. The molecule has 0 saturated heterocycles. The third-order valence-corrected chi connectivity index (χ3v) is 8.05. The molecule has 35 heavy (non-hydrogen) atoms. The van der Waals surface area contributed by atoms with Crippen LogP contribution in [0.25, 0.3) is 0 Å². The Bertz CT molecular complexity index is 828. The molecular formula is C31H52O4. The van der Waals surface area contributed by atoms with E-state index in [0.29, 0.717) is 6.42 Å². The standard InChI is InChI=1S/C31H52O4/c1-9-10-11-17-27(30(32)33)34-28-23(5)24(6)29-26(25(28)7)18-20-31(8,35-29)19-13-16-22(4)15-12-14-21(2)3/h21-22,27H,9-20H2,1-8H3,(H,32,33). The van der Waals surface area contributed by atoms with Crippen molar-refractivity contribution < 1.29 is 19.4 Å². The highest BCUT2D eigenvalue weighted by atomic mass is 16.5. The Morgan fingerprint density at radius 2 is 1.66 bits per heavy atom. The Kier molecular flexibility index (Phi) is 11.4. The van der Waals surface area contributed by atoms with Gasteiger partial charge in [-0.3, -0.25) is 0 Å². The highest BCUT2D eigenvalue weighted by Crippen LogP contribution is 2.45. The number of hydrogen-bond donors (Lipinski definition) is 1. The van der Waals surface area contributed by atoms with Gasteiger partial charge in [0, 0.05) is 5.56 Å². The van der Waals surface area contributed by atoms with E-state index in [9.17, 15) is 9.90 Å². The largest absolute Gasteiger partial charge is 0.487 e. The molecule has 200 valence electrons. The maximum absolute atomic E-state index is 11.9. The van der Waals surface area contributed by atoms with Crippen molar-refractivity contribution in [3.63, 3.8) is 0 Å². The Morgan fingerprint density at radius 1 is 0.971 bits per heavy atom. The van der Waals surface area contributed by atoms with Crippen LogP contribution in [-0.2, 0) is 11.2 Å². The predicted molar refractivity (Wildman–Crippen MR) is 146 cm³/mol. The molecule has 0 amide bonds. The zero-order valence-electron chi connectivity index (χ0n) is 23.9. The summed E-state index contributed by atoms with van der Waals surface area (Å²) in [5, 5.41) is 9.74. The van der Waals surface area contributed by atoms with Crippen molar-refractivity contribution in [3.8, 4) is 11.5 Å². The van der Waals surface area contributed by atoms with Gasteiger partial charge in [0.1, 0.15) is 17.1 Å². The second-order valence-corrected chi connectivity index (χ2v) is 11.8. The average molecular weight is 489 g/mol. The summed E-state index contributed by atoms with van der Waals surface area (Å²) in [7, 11) is 0. The van der Waals surface area contributed by atoms with E-state index in [-0.39, 0.29) is 5.60 Å². The van der Waals surface area contributed by atoms with E-state index >= 15 is 0 Å². The topological polar surface area (TPSA) is 55.8 Å². The van der Waals surface area contributed by atoms with Crippen molar-refractivity contribution in [1.82, 2.24) is 0 Å². The molecule has 4 heteroatoms. The van der Waals surface area contributed by atoms with Crippen LogP contribution < -0.4 is 9.47 Å². The second kappa shape index (κ2) is 13.6. The number of carboxylic acid groups (broad SMARTS) is 1. The molecule has 1 aromatic rings. The number of unbranched alkanes of at least 4 members (excludes halogenated alkanes) is 2. The molecule has 0 aromatic heterocycles. The van der Waals surface area contributed by atoms with Gasteiger partial charge in [-0.1, -0.05) is 66.2 Å². The van der Waals surface area contributed by atoms with Gasteiger partial charge in [0.2, 0.25) is 0 Å². The Hall–Kier alpha value is -1.71. The highest BCUT2D eigenvalue weighted by Gasteiger charge is 2.35. The van der Waals surface area contributed by atoms with E-state index in [1.807, 2.05) is 6.92 Å². The molecule has 3 unspecified atom stereocenters. The fraction of sp³-hybridized carbons (Fsp3) is 0.774. The Labute approximate surface area is 215 Å². The minimum absolute atomic E-state index is 0.138. The van der Waals surface area contributed by atoms with Crippen LogP contribution in [0.1, 0.15) is 128 Å². The average Bonchev–Trinajstić information content (AvgIpc) is 2.78. The number of rotatable bonds is 15. The molecule has 2 rings (SSSR count). The zero-order chi connectivity index (χ0) is 26.2. The van der Waals surface area contributed by atoms with Gasteiger partial charge in [0.05, 0.1) is 0 Å². The summed E-state index contributed by atoms with van der Waals surface area (Å²) in [6.07, 6.45) is 12.2. The van der Waals surface area contributed by atoms with Crippen molar-refractivity contribution in [2.24, 2.45) is 11.8 Å². The maximum atomic E-state index is 11.9. The van der Waals surface area contributed by atoms with Gasteiger partial charge >= 0.3 is 5.97 Å². The van der Waals surface area contributed by atoms with Gasteiger partial charge in [-0.2, -0.15) is 0 Å². The zero-order valence-corrected chi connectivity index (χ0v) is 23.9. The number of aliphatic carboxylic acids is 1. The van der Waals surface area contributed by atoms with Crippen molar-refractivity contribution in [2.45, 2.75) is 144 Å². The molecule has 4 nitrogen and oxygen atoms in total. The lowest BCUT2D eigenvalue weighted by Gasteiger charge is -2.38. The second-order valence-electron chi connectivity index (χ2n) is 11.8. The SMILES string of the molecule is CCCCCC(Oc1c(C)c(C)c2c(c1C)CCC(C)(CCCC(C)CCCC(C)C)O2)C(=O)O. The van der Waals surface area contributed by atoms with Gasteiger partial charge in [0.15, 0.2) is 6.10 Å². The van der Waals surface area contributed by atoms with Crippen LogP contribution >= 0.6 is 0 Å². The van der Waals surface area contributed by atoms with Crippen LogP contribution in [0.15, 0.2) is 0 Å². The van der Waals surface area contributed by atoms with Crippen molar-refractivity contribution >= 4 is 5.97 Å². The monoisotopic (exact) mass is 488 g/mol. The number of fused-ring (bicyclic) bond motifs is 1. The molecule has 3 atom stereocenters. The molecule has 1 aliphatic rings. The minimum Gasteiger partial charge on any atom is -0.487 e. The summed E-state index contributed by atoms with van der Waals surface area (Å²) in [5.74, 6) is 2.45. The third-order valence-electron chi connectivity index (χ3n) is 8.05. The van der Waals surface area contributed by atoms with Gasteiger partial charge in [-0.25, -0.2) is 4.79 Å². The van der Waals surface area contributed by atoms with E-state index < -0.39 is 12.1 Å². The van der Waals surface area contributed by atoms with Crippen molar-refractivity contribution in [3.05, 3.63) is 22.3 Å². The smallest absolute Gasteiger partial charge is 0.344 e. The van der Waals surface area contributed by atoms with Crippen molar-refractivity contribution in [1.29, 1.82) is 0 Å². The molecular weight excluding hydrogens is 436 g/mol. The molecule has 0 fully saturated rings. The van der Waals surface area contributed by atoms with Crippen molar-refractivity contribution in [2.75, 3.05) is 0 Å². The number of ether oxygens (including phenoxy) is 2. The van der Waals surface area contributed by atoms with Crippen LogP contribution in [0.5, 0.6) is 11.5 Å². The number of carbonyl (C=O) groups is 1. The lowest BCUT2D eigenvalue weighted by molar-refractivity contribution is -0.145. The molecule has 1 N–H and O–H groups in total. The van der Waals surface area contributed by atoms with Crippen LogP contribution in [0.3, 0.4) is 0 Å². The van der Waals surface area contributed by atoms with Gasteiger partial charge in [0.25, 0.3) is 0 Å². The van der Waals surface area contributed by atoms with Crippen LogP contribution in [0.4, 0.5) is 0 Å². The first kappa shape index (κ1) is 29.5. The molecule has 0 bridgehead atoms. The molecule has 0 radical (unpaired) electrons. The van der Waals surface area contributed by atoms with E-state index in [1.54, 1.807) is 0 Å². The molecule has 1 heterocycles. The molecule has 0 spiro atoms. The van der Waals surface area contributed by atoms with E-state index in [0.717, 1.165) is 78.6 Å². The first-order chi connectivity index (χ1) is 16.5. The molecule has 0 aliphatic carbocycles. The normalized spacial score (nSPS) is 19.2. The lowest BCUT2D eigenvalue weighted by atomic mass is 9.84. The number of benzene rings is 1. The van der Waals surface area contributed by atoms with Crippen LogP contribution in [-0.4, -0.2) is 22.8 Å². The van der Waals surface area contributed by atoms with Gasteiger partial charge in [-0.05, 0) is 94.7 Å². The van der Waals surface area contributed by atoms with Gasteiger partial charge < -0.3 is 14.6 Å². The van der Waals surface area contributed by atoms with Crippen LogP contribution in [0.2, 0.25) is 0 Å². The highest BCUT2D eigenvalue weighted by molar-refractivity contribution is 5.73. The summed E-state index contributed by atoms with van der Waals surface area (Å²) in [6, 6.07) is 0. The summed E-state index contributed by atoms with van der Waals surface area (Å²) >= 11 is 0. The van der Waals surface area contributed by atoms with E-state index in [1.165, 1.54) is 37.7 Å². The fourth-order valence-electron chi connectivity index (χ4n) is 5.43. The molecule has 1 aromatic carbocycles. The lowest BCUT2D eigenvalue weighted by Crippen LogP contribution is -2.37. The predicted octanol–water partition coefficient (Wildman–Crippen LogP) is 8.74.